The summed E-state index contributed by atoms with van der Waals surface area (Å²) < 4.78 is 5.72. The minimum absolute atomic E-state index is 0.0305. The summed E-state index contributed by atoms with van der Waals surface area (Å²) in [5, 5.41) is 29.3. The van der Waals surface area contributed by atoms with E-state index in [0.717, 1.165) is 44.9 Å². The van der Waals surface area contributed by atoms with Crippen molar-refractivity contribution < 1.29 is 24.9 Å². The van der Waals surface area contributed by atoms with Crippen molar-refractivity contribution in [3.05, 3.63) is 24.3 Å². The largest absolute Gasteiger partial charge is 0.394 e. The SMILES string of the molecule is CCCCCCCCCCC(O)C(O)C/C=C/C1CCCC(CO)O1.CCCCCCCCCCCCCCCCCC/C=C\CCCCCCCCC(N)=O. The molecule has 4 unspecified atom stereocenters. The molecule has 0 saturated carbocycles. The van der Waals surface area contributed by atoms with E-state index in [9.17, 15) is 15.0 Å². The van der Waals surface area contributed by atoms with E-state index in [1.54, 1.807) is 0 Å². The van der Waals surface area contributed by atoms with Gasteiger partial charge in [0.25, 0.3) is 0 Å². The van der Waals surface area contributed by atoms with E-state index in [1.807, 2.05) is 12.2 Å². The van der Waals surface area contributed by atoms with Gasteiger partial charge in [0.1, 0.15) is 0 Å². The molecule has 0 spiro atoms. The Balaban J connectivity index is 0.00000110. The highest BCUT2D eigenvalue weighted by molar-refractivity contribution is 5.73. The van der Waals surface area contributed by atoms with E-state index in [2.05, 4.69) is 26.0 Å². The van der Waals surface area contributed by atoms with Crippen LogP contribution in [0.15, 0.2) is 24.3 Å². The molecule has 56 heavy (non-hydrogen) atoms. The van der Waals surface area contributed by atoms with Gasteiger partial charge in [0.15, 0.2) is 0 Å². The summed E-state index contributed by atoms with van der Waals surface area (Å²) in [7, 11) is 0. The first-order valence-corrected chi connectivity index (χ1v) is 24.7. The van der Waals surface area contributed by atoms with Crippen molar-refractivity contribution in [2.24, 2.45) is 5.73 Å². The number of aliphatic hydroxyl groups is 3. The molecule has 4 atom stereocenters. The van der Waals surface area contributed by atoms with Gasteiger partial charge >= 0.3 is 0 Å². The molecule has 1 saturated heterocycles. The molecule has 0 aromatic carbocycles. The molecule has 332 valence electrons. The van der Waals surface area contributed by atoms with Crippen molar-refractivity contribution in [2.75, 3.05) is 6.61 Å². The highest BCUT2D eigenvalue weighted by atomic mass is 16.5. The van der Waals surface area contributed by atoms with Crippen LogP contribution in [0.25, 0.3) is 0 Å². The van der Waals surface area contributed by atoms with Crippen molar-refractivity contribution in [1.29, 1.82) is 0 Å². The van der Waals surface area contributed by atoms with E-state index in [4.69, 9.17) is 15.6 Å². The van der Waals surface area contributed by atoms with Crippen LogP contribution < -0.4 is 5.73 Å². The number of unbranched alkanes of at least 4 members (excludes halogenated alkanes) is 29. The van der Waals surface area contributed by atoms with Gasteiger partial charge in [-0.1, -0.05) is 212 Å². The average Bonchev–Trinajstić information content (AvgIpc) is 3.20. The molecule has 0 aromatic heterocycles. The Bertz CT molecular complexity index is 847. The zero-order valence-corrected chi connectivity index (χ0v) is 37.4. The molecule has 0 radical (unpaired) electrons. The van der Waals surface area contributed by atoms with Gasteiger partial charge in [0.2, 0.25) is 5.91 Å². The van der Waals surface area contributed by atoms with Crippen molar-refractivity contribution in [3.63, 3.8) is 0 Å². The molecule has 1 aliphatic rings. The first kappa shape index (κ1) is 54.8. The fourth-order valence-electron chi connectivity index (χ4n) is 7.73. The monoisotopic (exact) mass is 792 g/mol. The normalized spacial score (nSPS) is 17.0. The zero-order valence-electron chi connectivity index (χ0n) is 37.4. The number of hydrogen-bond donors (Lipinski definition) is 4. The molecule has 1 heterocycles. The first-order chi connectivity index (χ1) is 27.4. The third-order valence-corrected chi connectivity index (χ3v) is 11.5. The topological polar surface area (TPSA) is 113 Å². The molecule has 1 aliphatic heterocycles. The minimum atomic E-state index is -0.696. The number of hydrogen-bond acceptors (Lipinski definition) is 5. The second-order valence-corrected chi connectivity index (χ2v) is 17.2. The summed E-state index contributed by atoms with van der Waals surface area (Å²) in [5.74, 6) is -0.158. The lowest BCUT2D eigenvalue weighted by Gasteiger charge is -2.27. The van der Waals surface area contributed by atoms with Crippen LogP contribution in [0.5, 0.6) is 0 Å². The lowest BCUT2D eigenvalue weighted by Crippen LogP contribution is -2.29. The van der Waals surface area contributed by atoms with E-state index in [0.29, 0.717) is 19.3 Å². The Morgan fingerprint density at radius 3 is 1.41 bits per heavy atom. The predicted octanol–water partition coefficient (Wildman–Crippen LogP) is 13.9. The summed E-state index contributed by atoms with van der Waals surface area (Å²) in [4.78, 5) is 10.7. The number of nitrogens with two attached hydrogens (primary N) is 1. The fraction of sp³-hybridized carbons (Fsp3) is 0.900. The third-order valence-electron chi connectivity index (χ3n) is 11.5. The number of amides is 1. The highest BCUT2D eigenvalue weighted by Gasteiger charge is 2.20. The smallest absolute Gasteiger partial charge is 0.217 e. The number of carbonyl (C=O) groups is 1. The van der Waals surface area contributed by atoms with Gasteiger partial charge < -0.3 is 25.8 Å². The standard InChI is InChI=1S/C29H57NO.C21H40O4/c1-2-3-4-5-6-7-8-9-10-11-12-13-14-15-16-17-18-19-20-21-22-23-24-25-26-27-28-29(30)31;1-2-3-4-5-6-7-8-9-15-20(23)21(24)16-11-13-18-12-10-14-19(17-22)25-18/h19-20H,2-18,21-28H2,1H3,(H2,30,31);11,13,18-24H,2-10,12,14-17H2,1H3/b20-19-;13-11+. The Morgan fingerprint density at radius 1 is 0.571 bits per heavy atom. The summed E-state index contributed by atoms with van der Waals surface area (Å²) >= 11 is 0. The van der Waals surface area contributed by atoms with Crippen molar-refractivity contribution in [1.82, 2.24) is 0 Å². The molecule has 6 nitrogen and oxygen atoms in total. The van der Waals surface area contributed by atoms with Crippen molar-refractivity contribution >= 4 is 5.91 Å². The number of primary amides is 1. The van der Waals surface area contributed by atoms with Crippen LogP contribution in [0.2, 0.25) is 0 Å². The molecular weight excluding hydrogens is 695 g/mol. The highest BCUT2D eigenvalue weighted by Crippen LogP contribution is 2.21. The molecule has 1 fully saturated rings. The Hall–Kier alpha value is -1.21. The van der Waals surface area contributed by atoms with Crippen molar-refractivity contribution in [3.8, 4) is 0 Å². The Kier molecular flexibility index (Phi) is 43.9. The Labute approximate surface area is 348 Å². The molecular formula is C50H97NO5. The lowest BCUT2D eigenvalue weighted by atomic mass is 10.0. The summed E-state index contributed by atoms with van der Waals surface area (Å²) in [6, 6.07) is 0. The van der Waals surface area contributed by atoms with E-state index >= 15 is 0 Å². The van der Waals surface area contributed by atoms with E-state index < -0.39 is 12.2 Å². The zero-order chi connectivity index (χ0) is 41.0. The van der Waals surface area contributed by atoms with Crippen LogP contribution in [-0.2, 0) is 9.53 Å². The van der Waals surface area contributed by atoms with Crippen LogP contribution in [0.3, 0.4) is 0 Å². The van der Waals surface area contributed by atoms with Gasteiger partial charge in [-0.2, -0.15) is 0 Å². The third kappa shape index (κ3) is 41.0. The maximum Gasteiger partial charge on any atom is 0.217 e. The van der Waals surface area contributed by atoms with E-state index in [-0.39, 0.29) is 24.7 Å². The molecule has 6 heteroatoms. The van der Waals surface area contributed by atoms with Gasteiger partial charge in [-0.25, -0.2) is 0 Å². The van der Waals surface area contributed by atoms with Gasteiger partial charge in [0.05, 0.1) is 31.0 Å². The van der Waals surface area contributed by atoms with Crippen LogP contribution in [0.1, 0.15) is 258 Å². The van der Waals surface area contributed by atoms with Crippen LogP contribution in [0.4, 0.5) is 0 Å². The molecule has 1 amide bonds. The maximum atomic E-state index is 10.7. The number of ether oxygens (including phenoxy) is 1. The number of aliphatic hydroxyl groups excluding tert-OH is 3. The van der Waals surface area contributed by atoms with Crippen LogP contribution in [-0.4, -0.2) is 52.2 Å². The van der Waals surface area contributed by atoms with Crippen LogP contribution in [0, 0.1) is 0 Å². The maximum absolute atomic E-state index is 10.7. The lowest BCUT2D eigenvalue weighted by molar-refractivity contribution is -0.118. The number of allylic oxidation sites excluding steroid dienone is 2. The van der Waals surface area contributed by atoms with E-state index in [1.165, 1.54) is 180 Å². The molecule has 0 aromatic rings. The minimum Gasteiger partial charge on any atom is -0.394 e. The summed E-state index contributed by atoms with van der Waals surface area (Å²) in [6.07, 6.45) is 54.8. The summed E-state index contributed by atoms with van der Waals surface area (Å²) in [6.45, 7) is 4.60. The predicted molar refractivity (Wildman–Crippen MR) is 242 cm³/mol. The second kappa shape index (κ2) is 44.9. The quantitative estimate of drug-likeness (QED) is 0.0365. The molecule has 0 bridgehead atoms. The molecule has 0 aliphatic carbocycles. The number of carbonyl (C=O) groups excluding carboxylic acids is 1. The fourth-order valence-corrected chi connectivity index (χ4v) is 7.73. The molecule has 5 N–H and O–H groups in total. The van der Waals surface area contributed by atoms with Gasteiger partial charge in [-0.05, 0) is 64.2 Å². The van der Waals surface area contributed by atoms with Gasteiger partial charge in [0, 0.05) is 6.42 Å². The Morgan fingerprint density at radius 2 is 0.982 bits per heavy atom. The number of rotatable bonds is 40. The van der Waals surface area contributed by atoms with Gasteiger partial charge in [-0.15, -0.1) is 0 Å². The second-order valence-electron chi connectivity index (χ2n) is 17.2. The first-order valence-electron chi connectivity index (χ1n) is 24.7. The average molecular weight is 792 g/mol. The summed E-state index contributed by atoms with van der Waals surface area (Å²) in [5.41, 5.74) is 5.15. The van der Waals surface area contributed by atoms with Crippen molar-refractivity contribution in [2.45, 2.75) is 282 Å². The molecule has 1 rings (SSSR count). The van der Waals surface area contributed by atoms with Gasteiger partial charge in [-0.3, -0.25) is 4.79 Å². The van der Waals surface area contributed by atoms with Crippen LogP contribution >= 0.6 is 0 Å².